The number of phenols is 2. The second-order valence-electron chi connectivity index (χ2n) is 4.54. The predicted octanol–water partition coefficient (Wildman–Crippen LogP) is 4.06. The Bertz CT molecular complexity index is 871. The molecule has 3 rings (SSSR count). The maximum Gasteiger partial charge on any atom is 0.451 e. The van der Waals surface area contributed by atoms with E-state index >= 15 is 0 Å². The minimum absolute atomic E-state index is 0.0240. The number of fused-ring (bicyclic) bond motifs is 2. The molecule has 3 aromatic rings. The van der Waals surface area contributed by atoms with Gasteiger partial charge in [0.15, 0.2) is 0 Å². The third-order valence-corrected chi connectivity index (χ3v) is 3.45. The molecule has 0 saturated carbocycles. The first-order valence-corrected chi connectivity index (χ1v) is 6.38. The van der Waals surface area contributed by atoms with Crippen LogP contribution in [0.5, 0.6) is 23.0 Å². The molecule has 21 heavy (non-hydrogen) atoms. The van der Waals surface area contributed by atoms with Gasteiger partial charge in [0.25, 0.3) is 0 Å². The Balaban J connectivity index is 2.60. The summed E-state index contributed by atoms with van der Waals surface area (Å²) in [5.41, 5.74) is 0. The van der Waals surface area contributed by atoms with Gasteiger partial charge in [0.05, 0.1) is 7.11 Å². The number of rotatable bonds is 2. The second kappa shape index (κ2) is 4.94. The van der Waals surface area contributed by atoms with Gasteiger partial charge in [-0.1, -0.05) is 28.8 Å². The standard InChI is InChI=1S/C16H13NO4/c1-17-21-16-12(20-2)8-7-11-13(16)15(19)10-6-4-3-5-9(10)14(11)18/h3-8H,1-2H3,(H-,18,19)/p+1. The molecule has 0 aliphatic rings. The number of ether oxygens (including phenoxy) is 1. The summed E-state index contributed by atoms with van der Waals surface area (Å²) in [6, 6.07) is 10.4. The number of nitrogens with zero attached hydrogens (tertiary/aromatic N) is 1. The summed E-state index contributed by atoms with van der Waals surface area (Å²) in [4.78, 5) is 0. The lowest BCUT2D eigenvalue weighted by Crippen LogP contribution is -1.87. The minimum atomic E-state index is 0.0240. The van der Waals surface area contributed by atoms with Crippen molar-refractivity contribution >= 4 is 21.5 Å². The normalized spacial score (nSPS) is 11.5. The highest BCUT2D eigenvalue weighted by Gasteiger charge is 2.26. The predicted molar refractivity (Wildman–Crippen MR) is 82.5 cm³/mol. The van der Waals surface area contributed by atoms with E-state index in [1.54, 1.807) is 36.4 Å². The molecule has 0 aliphatic carbocycles. The van der Waals surface area contributed by atoms with E-state index in [-0.39, 0.29) is 17.2 Å². The molecule has 0 unspecified atom stereocenters. The fraction of sp³-hybridized carbons (Fsp3) is 0.125. The Morgan fingerprint density at radius 2 is 1.62 bits per heavy atom. The van der Waals surface area contributed by atoms with Crippen molar-refractivity contribution in [2.45, 2.75) is 0 Å². The molecule has 0 bridgehead atoms. The van der Waals surface area contributed by atoms with Crippen LogP contribution in [0, 0.1) is 4.54 Å². The van der Waals surface area contributed by atoms with Crippen molar-refractivity contribution in [3.63, 3.8) is 0 Å². The molecule has 0 amide bonds. The van der Waals surface area contributed by atoms with E-state index in [2.05, 4.69) is 5.18 Å². The van der Waals surface area contributed by atoms with Crippen molar-refractivity contribution in [2.75, 3.05) is 14.2 Å². The largest absolute Gasteiger partial charge is 0.507 e. The van der Waals surface area contributed by atoms with E-state index in [1.807, 2.05) is 0 Å². The lowest BCUT2D eigenvalue weighted by molar-refractivity contribution is 0.416. The van der Waals surface area contributed by atoms with Crippen LogP contribution in [-0.2, 0) is 0 Å². The van der Waals surface area contributed by atoms with E-state index in [1.165, 1.54) is 14.2 Å². The number of phenolic OH excluding ortho intramolecular Hbond substituents is 2. The fourth-order valence-corrected chi connectivity index (χ4v) is 2.51. The van der Waals surface area contributed by atoms with Gasteiger partial charge < -0.3 is 14.9 Å². The van der Waals surface area contributed by atoms with Crippen molar-refractivity contribution in [2.24, 2.45) is 5.18 Å². The van der Waals surface area contributed by atoms with Crippen molar-refractivity contribution < 1.29 is 14.9 Å². The fourth-order valence-electron chi connectivity index (χ4n) is 2.51. The molecular formula is C16H14NO4+. The Morgan fingerprint density at radius 1 is 0.952 bits per heavy atom. The van der Waals surface area contributed by atoms with Crippen molar-refractivity contribution in [1.82, 2.24) is 0 Å². The number of nitroso groups, excluding NO2 is 1. The average molecular weight is 284 g/mol. The van der Waals surface area contributed by atoms with Gasteiger partial charge in [-0.2, -0.15) is 0 Å². The summed E-state index contributed by atoms with van der Waals surface area (Å²) in [6.45, 7) is 0. The smallest absolute Gasteiger partial charge is 0.451 e. The molecule has 2 N–H and O–H groups in total. The van der Waals surface area contributed by atoms with Crippen LogP contribution in [0.1, 0.15) is 0 Å². The summed E-state index contributed by atoms with van der Waals surface area (Å²) in [6.07, 6.45) is 0. The maximum absolute atomic E-state index is 10.6. The molecule has 0 aromatic heterocycles. The van der Waals surface area contributed by atoms with Crippen LogP contribution in [0.25, 0.3) is 21.5 Å². The van der Waals surface area contributed by atoms with Crippen molar-refractivity contribution in [1.29, 1.82) is 0 Å². The first kappa shape index (κ1) is 13.2. The van der Waals surface area contributed by atoms with Gasteiger partial charge in [-0.25, -0.2) is 0 Å². The molecule has 0 heterocycles. The summed E-state index contributed by atoms with van der Waals surface area (Å²) >= 11 is 0. The monoisotopic (exact) mass is 284 g/mol. The quantitative estimate of drug-likeness (QED) is 0.423. The number of aromatic hydroxyl groups is 2. The van der Waals surface area contributed by atoms with E-state index < -0.39 is 0 Å². The van der Waals surface area contributed by atoms with Crippen LogP contribution >= 0.6 is 0 Å². The molecule has 5 nitrogen and oxygen atoms in total. The number of benzene rings is 3. The highest BCUT2D eigenvalue weighted by Crippen LogP contribution is 2.49. The van der Waals surface area contributed by atoms with Crippen LogP contribution in [0.15, 0.2) is 41.6 Å². The zero-order valence-corrected chi connectivity index (χ0v) is 11.6. The molecule has 0 radical (unpaired) electrons. The van der Waals surface area contributed by atoms with E-state index in [9.17, 15) is 10.2 Å². The van der Waals surface area contributed by atoms with Gasteiger partial charge in [-0.3, -0.25) is 0 Å². The maximum atomic E-state index is 10.6. The van der Waals surface area contributed by atoms with Gasteiger partial charge >= 0.3 is 5.75 Å². The number of hydrogen-bond acceptors (Lipinski definition) is 4. The highest BCUT2D eigenvalue weighted by molar-refractivity contribution is 6.14. The lowest BCUT2D eigenvalue weighted by atomic mass is 9.99. The molecule has 3 aromatic carbocycles. The zero-order valence-electron chi connectivity index (χ0n) is 11.6. The van der Waals surface area contributed by atoms with Gasteiger partial charge in [0, 0.05) is 16.2 Å². The van der Waals surface area contributed by atoms with Crippen LogP contribution in [0.2, 0.25) is 0 Å². The molecular weight excluding hydrogens is 270 g/mol. The molecule has 5 heteroatoms. The van der Waals surface area contributed by atoms with E-state index in [4.69, 9.17) is 9.27 Å². The van der Waals surface area contributed by atoms with Gasteiger partial charge in [0.2, 0.25) is 5.75 Å². The lowest BCUT2D eigenvalue weighted by Gasteiger charge is -2.09. The van der Waals surface area contributed by atoms with Crippen molar-refractivity contribution in [3.8, 4) is 23.0 Å². The Hall–Kier alpha value is -2.82. The van der Waals surface area contributed by atoms with E-state index in [0.29, 0.717) is 27.3 Å². The Labute approximate surface area is 120 Å². The topological polar surface area (TPSA) is 73.4 Å². The van der Waals surface area contributed by atoms with Crippen molar-refractivity contribution in [3.05, 3.63) is 40.9 Å². The number of methoxy groups -OCH3 is 1. The van der Waals surface area contributed by atoms with Crippen LogP contribution in [0.3, 0.4) is 0 Å². The first-order chi connectivity index (χ1) is 10.2. The third-order valence-electron chi connectivity index (χ3n) is 3.45. The molecule has 0 spiro atoms. The average Bonchev–Trinajstić information content (AvgIpc) is 2.52. The second-order valence-corrected chi connectivity index (χ2v) is 4.54. The summed E-state index contributed by atoms with van der Waals surface area (Å²) in [7, 11) is 2.98. The minimum Gasteiger partial charge on any atom is -0.507 e. The Kier molecular flexibility index (Phi) is 3.10. The zero-order chi connectivity index (χ0) is 15.0. The van der Waals surface area contributed by atoms with Gasteiger partial charge in [0.1, 0.15) is 29.1 Å². The molecule has 0 aliphatic heterocycles. The third kappa shape index (κ3) is 1.86. The van der Waals surface area contributed by atoms with Gasteiger partial charge in [-0.15, -0.1) is 0 Å². The van der Waals surface area contributed by atoms with E-state index in [0.717, 1.165) is 0 Å². The molecule has 106 valence electrons. The van der Waals surface area contributed by atoms with Crippen LogP contribution < -0.4 is 4.74 Å². The summed E-state index contributed by atoms with van der Waals surface area (Å²) in [5.74, 6) is 0.812. The molecule has 0 saturated heterocycles. The molecule has 0 atom stereocenters. The first-order valence-electron chi connectivity index (χ1n) is 6.38. The highest BCUT2D eigenvalue weighted by atomic mass is 16.5. The summed E-state index contributed by atoms with van der Waals surface area (Å²) < 4.78 is 10.5. The Morgan fingerprint density at radius 3 is 2.24 bits per heavy atom. The SMILES string of the molecule is CN=[O+]c1c(OC)ccc2c(O)c3ccccc3c(O)c12. The summed E-state index contributed by atoms with van der Waals surface area (Å²) in [5, 5.41) is 26.6. The molecule has 0 fully saturated rings. The van der Waals surface area contributed by atoms with Gasteiger partial charge in [-0.05, 0) is 12.1 Å². The van der Waals surface area contributed by atoms with Crippen LogP contribution in [-0.4, -0.2) is 24.4 Å². The number of hydrogen-bond donors (Lipinski definition) is 2. The van der Waals surface area contributed by atoms with Crippen LogP contribution in [0.4, 0.5) is 0 Å².